The van der Waals surface area contributed by atoms with Crippen LogP contribution in [0.5, 0.6) is 5.75 Å². The Labute approximate surface area is 111 Å². The Hall–Kier alpha value is -2.37. The molecule has 6 nitrogen and oxygen atoms in total. The maximum absolute atomic E-state index is 11.6. The normalized spacial score (nSPS) is 11.3. The van der Waals surface area contributed by atoms with E-state index in [1.54, 1.807) is 24.3 Å². The van der Waals surface area contributed by atoms with Gasteiger partial charge in [-0.3, -0.25) is 14.9 Å². The van der Waals surface area contributed by atoms with E-state index in [1.807, 2.05) is 0 Å². The van der Waals surface area contributed by atoms with Crippen molar-refractivity contribution in [2.24, 2.45) is 0 Å². The van der Waals surface area contributed by atoms with Gasteiger partial charge in [0.25, 0.3) is 5.91 Å². The topological polar surface area (TPSA) is 84.5 Å². The second kappa shape index (κ2) is 6.53. The number of urea groups is 1. The highest BCUT2D eigenvalue weighted by atomic mass is 16.5. The van der Waals surface area contributed by atoms with E-state index in [9.17, 15) is 14.4 Å². The van der Waals surface area contributed by atoms with Crippen molar-refractivity contribution in [2.75, 3.05) is 7.05 Å². The fraction of sp³-hybridized carbons (Fsp3) is 0.308. The molecular formula is C13H16N2O4. The van der Waals surface area contributed by atoms with E-state index in [1.165, 1.54) is 20.9 Å². The van der Waals surface area contributed by atoms with Crippen molar-refractivity contribution >= 4 is 17.7 Å². The quantitative estimate of drug-likeness (QED) is 0.798. The Morgan fingerprint density at radius 3 is 2.53 bits per heavy atom. The number of imide groups is 1. The van der Waals surface area contributed by atoms with E-state index in [-0.39, 0.29) is 5.78 Å². The number of carbonyl (C=O) groups is 3. The number of hydrogen-bond donors (Lipinski definition) is 2. The third-order valence-corrected chi connectivity index (χ3v) is 2.39. The number of hydrogen-bond acceptors (Lipinski definition) is 4. The van der Waals surface area contributed by atoms with Gasteiger partial charge in [-0.25, -0.2) is 4.79 Å². The smallest absolute Gasteiger partial charge is 0.321 e. The van der Waals surface area contributed by atoms with Crippen molar-refractivity contribution in [3.63, 3.8) is 0 Å². The van der Waals surface area contributed by atoms with Crippen LogP contribution in [-0.4, -0.2) is 30.9 Å². The van der Waals surface area contributed by atoms with Crippen molar-refractivity contribution in [3.05, 3.63) is 29.8 Å². The van der Waals surface area contributed by atoms with Crippen LogP contribution in [0.15, 0.2) is 24.3 Å². The molecule has 1 aromatic carbocycles. The fourth-order valence-electron chi connectivity index (χ4n) is 1.32. The number of benzene rings is 1. The zero-order chi connectivity index (χ0) is 14.4. The van der Waals surface area contributed by atoms with Crippen molar-refractivity contribution in [3.8, 4) is 5.75 Å². The van der Waals surface area contributed by atoms with Gasteiger partial charge in [-0.15, -0.1) is 0 Å². The molecule has 0 unspecified atom stereocenters. The molecule has 0 fully saturated rings. The van der Waals surface area contributed by atoms with E-state index < -0.39 is 18.0 Å². The van der Waals surface area contributed by atoms with E-state index >= 15 is 0 Å². The average molecular weight is 264 g/mol. The van der Waals surface area contributed by atoms with Crippen LogP contribution in [0, 0.1) is 0 Å². The van der Waals surface area contributed by atoms with Crippen LogP contribution in [0.1, 0.15) is 24.2 Å². The first-order valence-corrected chi connectivity index (χ1v) is 5.74. The minimum absolute atomic E-state index is 0.0899. The summed E-state index contributed by atoms with van der Waals surface area (Å²) in [6.45, 7) is 2.96. The third kappa shape index (κ3) is 4.42. The molecule has 102 valence electrons. The minimum Gasteiger partial charge on any atom is -0.481 e. The highest BCUT2D eigenvalue weighted by molar-refractivity contribution is 5.96. The molecule has 6 heteroatoms. The number of nitrogens with one attached hydrogen (secondary N) is 2. The summed E-state index contributed by atoms with van der Waals surface area (Å²) in [5.41, 5.74) is 0.497. The molecule has 0 radical (unpaired) electrons. The lowest BCUT2D eigenvalue weighted by atomic mass is 10.1. The van der Waals surface area contributed by atoms with Gasteiger partial charge in [-0.2, -0.15) is 0 Å². The van der Waals surface area contributed by atoms with Crippen LogP contribution in [0.25, 0.3) is 0 Å². The minimum atomic E-state index is -0.848. The largest absolute Gasteiger partial charge is 0.481 e. The first-order chi connectivity index (χ1) is 8.93. The standard InChI is InChI=1S/C13H16N2O4/c1-8(16)10-5-4-6-11(7-10)19-9(2)12(17)15-13(18)14-3/h4-7,9H,1-3H3,(H2,14,15,17,18)/t9-/m1/s1. The van der Waals surface area contributed by atoms with Gasteiger partial charge in [-0.1, -0.05) is 12.1 Å². The molecule has 3 amide bonds. The van der Waals surface area contributed by atoms with E-state index in [0.29, 0.717) is 11.3 Å². The summed E-state index contributed by atoms with van der Waals surface area (Å²) in [5.74, 6) is -0.257. The van der Waals surface area contributed by atoms with Crippen molar-refractivity contribution in [1.29, 1.82) is 0 Å². The van der Waals surface area contributed by atoms with Crippen molar-refractivity contribution in [1.82, 2.24) is 10.6 Å². The van der Waals surface area contributed by atoms with Gasteiger partial charge < -0.3 is 10.1 Å². The summed E-state index contributed by atoms with van der Waals surface area (Å²) >= 11 is 0. The predicted molar refractivity (Wildman–Crippen MR) is 69.1 cm³/mol. The second-order valence-corrected chi connectivity index (χ2v) is 3.91. The molecule has 0 aliphatic rings. The molecule has 0 bridgehead atoms. The van der Waals surface area contributed by atoms with E-state index in [4.69, 9.17) is 4.74 Å². The highest BCUT2D eigenvalue weighted by Crippen LogP contribution is 2.15. The molecule has 0 aliphatic heterocycles. The molecule has 1 rings (SSSR count). The molecule has 0 saturated heterocycles. The molecule has 1 atom stereocenters. The molecule has 0 heterocycles. The Morgan fingerprint density at radius 1 is 1.26 bits per heavy atom. The molecule has 0 saturated carbocycles. The van der Waals surface area contributed by atoms with Gasteiger partial charge >= 0.3 is 6.03 Å². The number of rotatable bonds is 4. The van der Waals surface area contributed by atoms with Crippen molar-refractivity contribution < 1.29 is 19.1 Å². The number of ether oxygens (including phenoxy) is 1. The Balaban J connectivity index is 2.68. The van der Waals surface area contributed by atoms with Crippen molar-refractivity contribution in [2.45, 2.75) is 20.0 Å². The van der Waals surface area contributed by atoms with E-state index in [0.717, 1.165) is 0 Å². The lowest BCUT2D eigenvalue weighted by Crippen LogP contribution is -2.43. The Morgan fingerprint density at radius 2 is 1.95 bits per heavy atom. The van der Waals surface area contributed by atoms with Gasteiger partial charge in [0.1, 0.15) is 5.75 Å². The van der Waals surface area contributed by atoms with Crippen LogP contribution >= 0.6 is 0 Å². The fourth-order valence-corrected chi connectivity index (χ4v) is 1.32. The lowest BCUT2D eigenvalue weighted by molar-refractivity contribution is -0.126. The van der Waals surface area contributed by atoms with Crippen LogP contribution in [-0.2, 0) is 4.79 Å². The van der Waals surface area contributed by atoms with Gasteiger partial charge in [0, 0.05) is 12.6 Å². The number of ketones is 1. The molecule has 0 spiro atoms. The average Bonchev–Trinajstić information content (AvgIpc) is 2.38. The summed E-state index contributed by atoms with van der Waals surface area (Å²) < 4.78 is 5.37. The summed E-state index contributed by atoms with van der Waals surface area (Å²) in [6, 6.07) is 5.90. The van der Waals surface area contributed by atoms with Gasteiger partial charge in [0.15, 0.2) is 11.9 Å². The maximum Gasteiger partial charge on any atom is 0.321 e. The van der Waals surface area contributed by atoms with Crippen LogP contribution in [0.2, 0.25) is 0 Å². The summed E-state index contributed by atoms with van der Waals surface area (Å²) in [4.78, 5) is 33.8. The molecule has 0 aromatic heterocycles. The molecule has 1 aromatic rings. The zero-order valence-electron chi connectivity index (χ0n) is 11.0. The van der Waals surface area contributed by atoms with Gasteiger partial charge in [-0.05, 0) is 26.0 Å². The molecule has 19 heavy (non-hydrogen) atoms. The van der Waals surface area contributed by atoms with Crippen LogP contribution in [0.3, 0.4) is 0 Å². The molecule has 0 aliphatic carbocycles. The van der Waals surface area contributed by atoms with Gasteiger partial charge in [0.05, 0.1) is 0 Å². The summed E-state index contributed by atoms with van der Waals surface area (Å²) in [6.07, 6.45) is -0.848. The Bertz CT molecular complexity index is 499. The first-order valence-electron chi connectivity index (χ1n) is 5.74. The lowest BCUT2D eigenvalue weighted by Gasteiger charge is -2.14. The highest BCUT2D eigenvalue weighted by Gasteiger charge is 2.17. The molecular weight excluding hydrogens is 248 g/mol. The number of Topliss-reactive ketones (excluding diaryl/α,β-unsaturated/α-hetero) is 1. The van der Waals surface area contributed by atoms with E-state index in [2.05, 4.69) is 10.6 Å². The number of amides is 3. The monoisotopic (exact) mass is 264 g/mol. The number of carbonyl (C=O) groups excluding carboxylic acids is 3. The van der Waals surface area contributed by atoms with Crippen LogP contribution < -0.4 is 15.4 Å². The zero-order valence-corrected chi connectivity index (χ0v) is 11.0. The first kappa shape index (κ1) is 14.7. The second-order valence-electron chi connectivity index (χ2n) is 3.91. The van der Waals surface area contributed by atoms with Crippen LogP contribution in [0.4, 0.5) is 4.79 Å². The maximum atomic E-state index is 11.6. The predicted octanol–water partition coefficient (Wildman–Crippen LogP) is 1.11. The Kier molecular flexibility index (Phi) is 5.05. The SMILES string of the molecule is CNC(=O)NC(=O)[C@@H](C)Oc1cccc(C(C)=O)c1. The summed E-state index contributed by atoms with van der Waals surface area (Å²) in [7, 11) is 1.41. The third-order valence-electron chi connectivity index (χ3n) is 2.39. The van der Waals surface area contributed by atoms with Gasteiger partial charge in [0.2, 0.25) is 0 Å². The molecule has 2 N–H and O–H groups in total. The summed E-state index contributed by atoms with van der Waals surface area (Å²) in [5, 5.41) is 4.37.